The van der Waals surface area contributed by atoms with E-state index in [0.717, 1.165) is 12.8 Å². The molecule has 6 nitrogen and oxygen atoms in total. The summed E-state index contributed by atoms with van der Waals surface area (Å²) in [6, 6.07) is -0.00498. The smallest absolute Gasteiger partial charge is 0.410 e. The Bertz CT molecular complexity index is 323. The van der Waals surface area contributed by atoms with Crippen molar-refractivity contribution in [1.29, 1.82) is 0 Å². The number of amides is 1. The van der Waals surface area contributed by atoms with Gasteiger partial charge in [0.05, 0.1) is 12.6 Å². The highest BCUT2D eigenvalue weighted by molar-refractivity contribution is 5.69. The summed E-state index contributed by atoms with van der Waals surface area (Å²) in [5.74, 6) is 0. The highest BCUT2D eigenvalue weighted by Gasteiger charge is 2.25. The van der Waals surface area contributed by atoms with E-state index < -0.39 is 0 Å². The highest BCUT2D eigenvalue weighted by atomic mass is 16.6. The first-order chi connectivity index (χ1) is 8.29. The third kappa shape index (κ3) is 4.36. The Morgan fingerprint density at radius 1 is 1.71 bits per heavy atom. The van der Waals surface area contributed by atoms with Gasteiger partial charge in [-0.15, -0.1) is 0 Å². The molecule has 17 heavy (non-hydrogen) atoms. The van der Waals surface area contributed by atoms with E-state index in [1.807, 2.05) is 19.1 Å². The third-order valence-electron chi connectivity index (χ3n) is 2.61. The fraction of sp³-hybridized carbons (Fsp3) is 0.727. The zero-order valence-corrected chi connectivity index (χ0v) is 10.1. The molecule has 0 saturated carbocycles. The predicted molar refractivity (Wildman–Crippen MR) is 64.5 cm³/mol. The lowest BCUT2D eigenvalue weighted by atomic mass is 10.2. The molecule has 0 aromatic heterocycles. The Hall–Kier alpha value is -1.68. The molecule has 0 aliphatic carbocycles. The molecule has 1 amide bonds. The van der Waals surface area contributed by atoms with Gasteiger partial charge in [-0.25, -0.2) is 4.79 Å². The molecule has 1 heterocycles. The number of nitrogens with zero attached hydrogens (tertiary/aromatic N) is 4. The van der Waals surface area contributed by atoms with Crippen molar-refractivity contribution in [1.82, 2.24) is 4.90 Å². The van der Waals surface area contributed by atoms with Gasteiger partial charge in [-0.3, -0.25) is 4.90 Å². The molecule has 6 heteroatoms. The van der Waals surface area contributed by atoms with Crippen LogP contribution in [0.1, 0.15) is 26.2 Å². The molecule has 1 aliphatic rings. The summed E-state index contributed by atoms with van der Waals surface area (Å²) in [6.45, 7) is 3.49. The zero-order valence-electron chi connectivity index (χ0n) is 10.1. The summed E-state index contributed by atoms with van der Waals surface area (Å²) in [5, 5.41) is 3.47. The maximum Gasteiger partial charge on any atom is 0.410 e. The van der Waals surface area contributed by atoms with Crippen molar-refractivity contribution in [3.05, 3.63) is 22.6 Å². The maximum atomic E-state index is 11.7. The first kappa shape index (κ1) is 13.4. The molecule has 94 valence electrons. The van der Waals surface area contributed by atoms with Gasteiger partial charge in [0, 0.05) is 18.0 Å². The number of carbonyl (C=O) groups is 1. The van der Waals surface area contributed by atoms with E-state index in [1.165, 1.54) is 0 Å². The first-order valence-corrected chi connectivity index (χ1v) is 5.90. The monoisotopic (exact) mass is 238 g/mol. The standard InChI is InChI=1S/C11H18N4O2/c1-2-3-9-17-11(16)15-8-4-5-10(15)6-7-13-14-12/h4-5,10H,2-3,6-9H2,1H3. The Kier molecular flexibility index (Phi) is 5.96. The summed E-state index contributed by atoms with van der Waals surface area (Å²) in [5.41, 5.74) is 8.19. The van der Waals surface area contributed by atoms with E-state index in [9.17, 15) is 4.79 Å². The average Bonchev–Trinajstić information content (AvgIpc) is 2.78. The van der Waals surface area contributed by atoms with Crippen LogP contribution >= 0.6 is 0 Å². The predicted octanol–water partition coefficient (Wildman–Crippen LogP) is 2.86. The number of ether oxygens (including phenoxy) is 1. The largest absolute Gasteiger partial charge is 0.449 e. The van der Waals surface area contributed by atoms with E-state index in [2.05, 4.69) is 10.0 Å². The van der Waals surface area contributed by atoms with Crippen LogP contribution in [0.2, 0.25) is 0 Å². The molecule has 0 aromatic rings. The van der Waals surface area contributed by atoms with Crippen LogP contribution in [0.25, 0.3) is 10.4 Å². The lowest BCUT2D eigenvalue weighted by Crippen LogP contribution is -2.37. The fourth-order valence-electron chi connectivity index (χ4n) is 1.65. The molecule has 0 N–H and O–H groups in total. The summed E-state index contributed by atoms with van der Waals surface area (Å²) in [4.78, 5) is 16.1. The SMILES string of the molecule is CCCCOC(=O)N1CC=CC1CCN=[N+]=[N-]. The van der Waals surface area contributed by atoms with Crippen LogP contribution in [0.5, 0.6) is 0 Å². The Morgan fingerprint density at radius 3 is 3.24 bits per heavy atom. The lowest BCUT2D eigenvalue weighted by Gasteiger charge is -2.23. The molecular formula is C11H18N4O2. The number of hydrogen-bond donors (Lipinski definition) is 0. The van der Waals surface area contributed by atoms with Crippen LogP contribution in [0.3, 0.4) is 0 Å². The maximum absolute atomic E-state index is 11.7. The number of carbonyl (C=O) groups excluding carboxylic acids is 1. The molecule has 0 spiro atoms. The van der Waals surface area contributed by atoms with Gasteiger partial charge < -0.3 is 4.74 Å². The van der Waals surface area contributed by atoms with Crippen molar-refractivity contribution in [2.45, 2.75) is 32.2 Å². The van der Waals surface area contributed by atoms with Crippen molar-refractivity contribution in [2.75, 3.05) is 19.7 Å². The summed E-state index contributed by atoms with van der Waals surface area (Å²) < 4.78 is 5.15. The summed E-state index contributed by atoms with van der Waals surface area (Å²) >= 11 is 0. The second kappa shape index (κ2) is 7.57. The minimum atomic E-state index is -0.283. The summed E-state index contributed by atoms with van der Waals surface area (Å²) in [6.07, 6.45) is 6.14. The van der Waals surface area contributed by atoms with Crippen molar-refractivity contribution < 1.29 is 9.53 Å². The minimum absolute atomic E-state index is 0.00498. The van der Waals surface area contributed by atoms with E-state index in [1.54, 1.807) is 4.90 Å². The molecule has 1 unspecified atom stereocenters. The minimum Gasteiger partial charge on any atom is -0.449 e. The first-order valence-electron chi connectivity index (χ1n) is 5.90. The highest BCUT2D eigenvalue weighted by Crippen LogP contribution is 2.14. The van der Waals surface area contributed by atoms with Crippen LogP contribution in [0, 0.1) is 0 Å². The molecule has 0 bridgehead atoms. The second-order valence-corrected chi connectivity index (χ2v) is 3.86. The van der Waals surface area contributed by atoms with Gasteiger partial charge in [0.2, 0.25) is 0 Å². The van der Waals surface area contributed by atoms with Crippen LogP contribution in [-0.2, 0) is 4.74 Å². The molecule has 0 radical (unpaired) electrons. The van der Waals surface area contributed by atoms with Crippen molar-refractivity contribution in [2.24, 2.45) is 5.11 Å². The van der Waals surface area contributed by atoms with Crippen LogP contribution in [0.15, 0.2) is 17.3 Å². The van der Waals surface area contributed by atoms with Crippen LogP contribution in [-0.4, -0.2) is 36.7 Å². The quantitative estimate of drug-likeness (QED) is 0.234. The van der Waals surface area contributed by atoms with Gasteiger partial charge in [0.25, 0.3) is 0 Å². The van der Waals surface area contributed by atoms with Crippen LogP contribution < -0.4 is 0 Å². The Balaban J connectivity index is 2.35. The van der Waals surface area contributed by atoms with Gasteiger partial charge in [0.1, 0.15) is 0 Å². The molecular weight excluding hydrogens is 220 g/mol. The van der Waals surface area contributed by atoms with Gasteiger partial charge in [-0.05, 0) is 18.4 Å². The van der Waals surface area contributed by atoms with Crippen molar-refractivity contribution in [3.8, 4) is 0 Å². The molecule has 0 fully saturated rings. The van der Waals surface area contributed by atoms with Gasteiger partial charge in [-0.1, -0.05) is 30.6 Å². The Labute approximate surface area is 101 Å². The van der Waals surface area contributed by atoms with Crippen molar-refractivity contribution in [3.63, 3.8) is 0 Å². The molecule has 1 rings (SSSR count). The topological polar surface area (TPSA) is 78.3 Å². The van der Waals surface area contributed by atoms with E-state index in [4.69, 9.17) is 10.3 Å². The van der Waals surface area contributed by atoms with Gasteiger partial charge in [0.15, 0.2) is 0 Å². The normalized spacial score (nSPS) is 17.9. The number of rotatable bonds is 6. The van der Waals surface area contributed by atoms with E-state index >= 15 is 0 Å². The second-order valence-electron chi connectivity index (χ2n) is 3.86. The van der Waals surface area contributed by atoms with Crippen LogP contribution in [0.4, 0.5) is 4.79 Å². The van der Waals surface area contributed by atoms with E-state index in [0.29, 0.717) is 26.1 Å². The lowest BCUT2D eigenvalue weighted by molar-refractivity contribution is 0.0990. The number of unbranched alkanes of at least 4 members (excludes halogenated alkanes) is 1. The number of hydrogen-bond acceptors (Lipinski definition) is 3. The third-order valence-corrected chi connectivity index (χ3v) is 2.61. The van der Waals surface area contributed by atoms with Crippen molar-refractivity contribution >= 4 is 6.09 Å². The van der Waals surface area contributed by atoms with Gasteiger partial charge >= 0.3 is 6.09 Å². The molecule has 0 saturated heterocycles. The molecule has 1 aliphatic heterocycles. The number of azide groups is 1. The zero-order chi connectivity index (χ0) is 12.5. The molecule has 0 aromatic carbocycles. The Morgan fingerprint density at radius 2 is 2.53 bits per heavy atom. The van der Waals surface area contributed by atoms with E-state index in [-0.39, 0.29) is 12.1 Å². The fourth-order valence-corrected chi connectivity index (χ4v) is 1.65. The molecule has 1 atom stereocenters. The van der Waals surface area contributed by atoms with Gasteiger partial charge in [-0.2, -0.15) is 0 Å². The average molecular weight is 238 g/mol. The summed E-state index contributed by atoms with van der Waals surface area (Å²) in [7, 11) is 0.